The third-order valence-corrected chi connectivity index (χ3v) is 2.72. The quantitative estimate of drug-likeness (QED) is 0.778. The van der Waals surface area contributed by atoms with Crippen LogP contribution in [-0.4, -0.2) is 19.3 Å². The maximum atomic E-state index is 8.64. The van der Waals surface area contributed by atoms with E-state index in [0.29, 0.717) is 18.3 Å². The number of nitrogens with zero attached hydrogens (tertiary/aromatic N) is 1. The van der Waals surface area contributed by atoms with E-state index in [-0.39, 0.29) is 0 Å². The second-order valence-electron chi connectivity index (χ2n) is 3.91. The molecule has 0 saturated carbocycles. The average molecular weight is 217 g/mol. The first-order valence-corrected chi connectivity index (χ1v) is 5.63. The maximum Gasteiger partial charge on any atom is 0.119 e. The number of hydrogen-bond acceptors (Lipinski definition) is 3. The Hall–Kier alpha value is -1.53. The highest BCUT2D eigenvalue weighted by Gasteiger charge is 2.14. The zero-order valence-electron chi connectivity index (χ0n) is 9.19. The summed E-state index contributed by atoms with van der Waals surface area (Å²) >= 11 is 0. The van der Waals surface area contributed by atoms with Crippen LogP contribution in [0.4, 0.5) is 0 Å². The lowest BCUT2D eigenvalue weighted by Crippen LogP contribution is -2.10. The van der Waals surface area contributed by atoms with Gasteiger partial charge in [-0.05, 0) is 37.1 Å². The molecule has 1 fully saturated rings. The first-order valence-electron chi connectivity index (χ1n) is 5.63. The van der Waals surface area contributed by atoms with Crippen LogP contribution in [0.25, 0.3) is 0 Å². The molecule has 0 aliphatic carbocycles. The van der Waals surface area contributed by atoms with E-state index in [9.17, 15) is 0 Å². The Morgan fingerprint density at radius 1 is 1.38 bits per heavy atom. The number of ether oxygens (including phenoxy) is 2. The highest BCUT2D eigenvalue weighted by Crippen LogP contribution is 2.17. The fraction of sp³-hybridized carbons (Fsp3) is 0.462. The van der Waals surface area contributed by atoms with E-state index < -0.39 is 0 Å². The Morgan fingerprint density at radius 3 is 2.81 bits per heavy atom. The molecule has 1 atom stereocenters. The second kappa shape index (κ2) is 5.53. The van der Waals surface area contributed by atoms with Crippen molar-refractivity contribution in [2.45, 2.75) is 25.4 Å². The minimum atomic E-state index is 0.374. The molecule has 3 nitrogen and oxygen atoms in total. The van der Waals surface area contributed by atoms with Crippen LogP contribution in [0.15, 0.2) is 24.3 Å². The van der Waals surface area contributed by atoms with Gasteiger partial charge in [0.05, 0.1) is 24.3 Å². The van der Waals surface area contributed by atoms with Crippen LogP contribution in [-0.2, 0) is 4.74 Å². The molecule has 0 bridgehead atoms. The Bertz CT molecular complexity index is 361. The van der Waals surface area contributed by atoms with Gasteiger partial charge in [-0.2, -0.15) is 5.26 Å². The summed E-state index contributed by atoms with van der Waals surface area (Å²) in [5.74, 6) is 0.817. The Labute approximate surface area is 95.6 Å². The third-order valence-electron chi connectivity index (χ3n) is 2.72. The Kier molecular flexibility index (Phi) is 3.79. The third kappa shape index (κ3) is 2.98. The fourth-order valence-electron chi connectivity index (χ4n) is 1.81. The lowest BCUT2D eigenvalue weighted by Gasteiger charge is -2.10. The van der Waals surface area contributed by atoms with Crippen molar-refractivity contribution in [3.05, 3.63) is 29.8 Å². The van der Waals surface area contributed by atoms with Gasteiger partial charge in [-0.1, -0.05) is 0 Å². The standard InChI is InChI=1S/C13H15NO2/c14-10-11-3-5-13(6-4-11)16-9-7-12-2-1-8-15-12/h3-6,12H,1-2,7-9H2. The molecule has 2 rings (SSSR count). The van der Waals surface area contributed by atoms with Crippen molar-refractivity contribution in [3.8, 4) is 11.8 Å². The Balaban J connectivity index is 1.74. The average Bonchev–Trinajstić information content (AvgIpc) is 2.83. The van der Waals surface area contributed by atoms with Gasteiger partial charge in [0, 0.05) is 13.0 Å². The summed E-state index contributed by atoms with van der Waals surface area (Å²) < 4.78 is 11.1. The normalized spacial score (nSPS) is 19.3. The predicted octanol–water partition coefficient (Wildman–Crippen LogP) is 2.51. The van der Waals surface area contributed by atoms with E-state index in [2.05, 4.69) is 6.07 Å². The van der Waals surface area contributed by atoms with Crippen molar-refractivity contribution in [3.63, 3.8) is 0 Å². The van der Waals surface area contributed by atoms with E-state index >= 15 is 0 Å². The van der Waals surface area contributed by atoms with Gasteiger partial charge in [0.25, 0.3) is 0 Å². The molecule has 1 heterocycles. The van der Waals surface area contributed by atoms with Gasteiger partial charge >= 0.3 is 0 Å². The Morgan fingerprint density at radius 2 is 2.19 bits per heavy atom. The van der Waals surface area contributed by atoms with Crippen molar-refractivity contribution in [2.75, 3.05) is 13.2 Å². The summed E-state index contributed by atoms with van der Waals surface area (Å²) in [4.78, 5) is 0. The van der Waals surface area contributed by atoms with Gasteiger partial charge in [0.15, 0.2) is 0 Å². The number of benzene rings is 1. The molecule has 84 valence electrons. The minimum absolute atomic E-state index is 0.374. The van der Waals surface area contributed by atoms with E-state index in [0.717, 1.165) is 25.2 Å². The van der Waals surface area contributed by atoms with Crippen molar-refractivity contribution in [1.82, 2.24) is 0 Å². The van der Waals surface area contributed by atoms with Crippen molar-refractivity contribution in [2.24, 2.45) is 0 Å². The zero-order chi connectivity index (χ0) is 11.2. The van der Waals surface area contributed by atoms with Crippen LogP contribution >= 0.6 is 0 Å². The van der Waals surface area contributed by atoms with Gasteiger partial charge < -0.3 is 9.47 Å². The maximum absolute atomic E-state index is 8.64. The van der Waals surface area contributed by atoms with Crippen molar-refractivity contribution in [1.29, 1.82) is 5.26 Å². The molecule has 1 aromatic rings. The molecule has 0 aromatic heterocycles. The molecule has 16 heavy (non-hydrogen) atoms. The summed E-state index contributed by atoms with van der Waals surface area (Å²) in [7, 11) is 0. The molecule has 0 amide bonds. The predicted molar refractivity (Wildman–Crippen MR) is 60.2 cm³/mol. The van der Waals surface area contributed by atoms with Crippen molar-refractivity contribution < 1.29 is 9.47 Å². The molecule has 3 heteroatoms. The molecule has 1 aliphatic rings. The summed E-state index contributed by atoms with van der Waals surface area (Å²) in [6.07, 6.45) is 3.64. The molecule has 1 aromatic carbocycles. The molecule has 1 unspecified atom stereocenters. The molecule has 0 N–H and O–H groups in total. The van der Waals surface area contributed by atoms with E-state index in [1.54, 1.807) is 12.1 Å². The van der Waals surface area contributed by atoms with Crippen molar-refractivity contribution >= 4 is 0 Å². The summed E-state index contributed by atoms with van der Waals surface area (Å²) in [6, 6.07) is 9.26. The molecule has 1 saturated heterocycles. The van der Waals surface area contributed by atoms with Gasteiger partial charge in [-0.3, -0.25) is 0 Å². The smallest absolute Gasteiger partial charge is 0.119 e. The second-order valence-corrected chi connectivity index (χ2v) is 3.91. The first kappa shape index (κ1) is 11.0. The molecular formula is C13H15NO2. The van der Waals surface area contributed by atoms with Crippen LogP contribution in [0, 0.1) is 11.3 Å². The van der Waals surface area contributed by atoms with E-state index in [1.807, 2.05) is 12.1 Å². The number of nitriles is 1. The van der Waals surface area contributed by atoms with Gasteiger partial charge in [0.2, 0.25) is 0 Å². The van der Waals surface area contributed by atoms with Gasteiger partial charge in [-0.15, -0.1) is 0 Å². The molecular weight excluding hydrogens is 202 g/mol. The lowest BCUT2D eigenvalue weighted by molar-refractivity contribution is 0.0903. The summed E-state index contributed by atoms with van der Waals surface area (Å²) in [5, 5.41) is 8.64. The molecule has 1 aliphatic heterocycles. The molecule has 0 spiro atoms. The zero-order valence-corrected chi connectivity index (χ0v) is 9.19. The van der Waals surface area contributed by atoms with Gasteiger partial charge in [-0.25, -0.2) is 0 Å². The SMILES string of the molecule is N#Cc1ccc(OCCC2CCCO2)cc1. The summed E-state index contributed by atoms with van der Waals surface area (Å²) in [5.41, 5.74) is 0.659. The highest BCUT2D eigenvalue weighted by molar-refractivity contribution is 5.34. The highest BCUT2D eigenvalue weighted by atomic mass is 16.5. The van der Waals surface area contributed by atoms with Crippen LogP contribution in [0.5, 0.6) is 5.75 Å². The lowest BCUT2D eigenvalue weighted by atomic mass is 10.2. The minimum Gasteiger partial charge on any atom is -0.493 e. The topological polar surface area (TPSA) is 42.2 Å². The number of rotatable bonds is 4. The van der Waals surface area contributed by atoms with Crippen LogP contribution in [0.1, 0.15) is 24.8 Å². The fourth-order valence-corrected chi connectivity index (χ4v) is 1.81. The monoisotopic (exact) mass is 217 g/mol. The van der Waals surface area contributed by atoms with E-state index in [4.69, 9.17) is 14.7 Å². The first-order chi connectivity index (χ1) is 7.88. The number of hydrogen-bond donors (Lipinski definition) is 0. The molecule has 0 radical (unpaired) electrons. The van der Waals surface area contributed by atoms with Crippen LogP contribution < -0.4 is 4.74 Å². The largest absolute Gasteiger partial charge is 0.493 e. The van der Waals surface area contributed by atoms with Crippen LogP contribution in [0.2, 0.25) is 0 Å². The van der Waals surface area contributed by atoms with E-state index in [1.165, 1.54) is 6.42 Å². The van der Waals surface area contributed by atoms with Crippen LogP contribution in [0.3, 0.4) is 0 Å². The summed E-state index contributed by atoms with van der Waals surface area (Å²) in [6.45, 7) is 1.57. The van der Waals surface area contributed by atoms with Gasteiger partial charge in [0.1, 0.15) is 5.75 Å².